The average molecular weight is 431 g/mol. The summed E-state index contributed by atoms with van der Waals surface area (Å²) < 4.78 is 11.9. The lowest BCUT2D eigenvalue weighted by molar-refractivity contribution is -0.0260. The highest BCUT2D eigenvalue weighted by atomic mass is 28.3. The Labute approximate surface area is 184 Å². The zero-order valence-corrected chi connectivity index (χ0v) is 21.2. The van der Waals surface area contributed by atoms with Gasteiger partial charge < -0.3 is 14.6 Å². The minimum atomic E-state index is -1.57. The highest BCUT2D eigenvalue weighted by molar-refractivity contribution is 6.89. The second-order valence-corrected chi connectivity index (χ2v) is 15.5. The molecule has 0 heterocycles. The third-order valence-corrected chi connectivity index (χ3v) is 11.6. The van der Waals surface area contributed by atoms with E-state index in [1.807, 2.05) is 0 Å². The normalized spacial score (nSPS) is 24.8. The Morgan fingerprint density at radius 2 is 1.70 bits per heavy atom. The van der Waals surface area contributed by atoms with Gasteiger partial charge >= 0.3 is 0 Å². The molecule has 1 fully saturated rings. The number of allylic oxidation sites excluding steroid dienone is 1. The van der Waals surface area contributed by atoms with Crippen LogP contribution in [0.3, 0.4) is 0 Å². The minimum Gasteiger partial charge on any atom is -0.496 e. The second-order valence-electron chi connectivity index (χ2n) is 10.6. The molecule has 1 saturated carbocycles. The van der Waals surface area contributed by atoms with Gasteiger partial charge in [0, 0.05) is 11.5 Å². The number of aliphatic hydroxyl groups excluding tert-OH is 1. The molecule has 3 aliphatic carbocycles. The smallest absolute Gasteiger partial charge is 0.126 e. The summed E-state index contributed by atoms with van der Waals surface area (Å²) in [6, 6.07) is 5.90. The van der Waals surface area contributed by atoms with Gasteiger partial charge in [-0.15, -0.1) is 0 Å². The van der Waals surface area contributed by atoms with Crippen molar-refractivity contribution in [3.63, 3.8) is 0 Å². The molecule has 1 aromatic rings. The van der Waals surface area contributed by atoms with E-state index in [-0.39, 0.29) is 17.9 Å². The Hall–Kier alpha value is -1.26. The first-order valence-corrected chi connectivity index (χ1v) is 15.0. The molecule has 1 aromatic carbocycles. The third-order valence-electron chi connectivity index (χ3n) is 8.11. The van der Waals surface area contributed by atoms with Crippen molar-refractivity contribution < 1.29 is 14.6 Å². The number of fused-ring (bicyclic) bond motifs is 1. The van der Waals surface area contributed by atoms with Crippen molar-refractivity contribution >= 4 is 13.3 Å². The molecule has 0 saturated heterocycles. The van der Waals surface area contributed by atoms with Crippen LogP contribution in [-0.4, -0.2) is 34.0 Å². The molecule has 3 aliphatic rings. The van der Waals surface area contributed by atoms with Gasteiger partial charge in [0.1, 0.15) is 11.5 Å². The zero-order valence-electron chi connectivity index (χ0n) is 20.2. The highest BCUT2D eigenvalue weighted by Gasteiger charge is 2.56. The Morgan fingerprint density at radius 3 is 2.20 bits per heavy atom. The molecule has 168 valence electrons. The maximum Gasteiger partial charge on any atom is 0.126 e. The lowest BCUT2D eigenvalue weighted by Crippen LogP contribution is -2.52. The predicted octanol–water partition coefficient (Wildman–Crippen LogP) is 5.88. The SMILES string of the molecule is CCCCCC[Si](C)(C)c1cc(OC)c(C2C=C(CO)[C@@H]3C[C@H]2C3(C)C)c(OC)c1. The van der Waals surface area contributed by atoms with Crippen LogP contribution in [0, 0.1) is 17.3 Å². The van der Waals surface area contributed by atoms with E-state index in [2.05, 4.69) is 52.1 Å². The molecule has 30 heavy (non-hydrogen) atoms. The van der Waals surface area contributed by atoms with Crippen molar-refractivity contribution in [2.45, 2.75) is 77.9 Å². The molecule has 0 spiro atoms. The Bertz CT molecular complexity index is 755. The minimum absolute atomic E-state index is 0.151. The van der Waals surface area contributed by atoms with Crippen LogP contribution < -0.4 is 14.7 Å². The maximum absolute atomic E-state index is 9.98. The molecule has 4 rings (SSSR count). The molecule has 0 amide bonds. The molecule has 1 N–H and O–H groups in total. The summed E-state index contributed by atoms with van der Waals surface area (Å²) in [7, 11) is 2.00. The van der Waals surface area contributed by atoms with Crippen LogP contribution >= 0.6 is 0 Å². The molecule has 2 bridgehead atoms. The van der Waals surface area contributed by atoms with Crippen LogP contribution in [0.4, 0.5) is 0 Å². The van der Waals surface area contributed by atoms with Crippen LogP contribution in [-0.2, 0) is 0 Å². The lowest BCUT2D eigenvalue weighted by Gasteiger charge is -2.59. The van der Waals surface area contributed by atoms with Crippen molar-refractivity contribution in [3.8, 4) is 11.5 Å². The molecule has 4 heteroatoms. The van der Waals surface area contributed by atoms with Crippen LogP contribution in [0.15, 0.2) is 23.8 Å². The van der Waals surface area contributed by atoms with Gasteiger partial charge in [-0.1, -0.05) is 76.9 Å². The molecule has 0 aliphatic heterocycles. The van der Waals surface area contributed by atoms with E-state index in [9.17, 15) is 5.11 Å². The summed E-state index contributed by atoms with van der Waals surface area (Å²) in [4.78, 5) is 0. The van der Waals surface area contributed by atoms with Gasteiger partial charge in [-0.05, 0) is 41.4 Å². The van der Waals surface area contributed by atoms with Crippen molar-refractivity contribution in [1.82, 2.24) is 0 Å². The first kappa shape index (κ1) is 23.4. The Balaban J connectivity index is 1.99. The number of ether oxygens (including phenoxy) is 2. The standard InChI is InChI=1S/C26H42O3Si/c1-8-9-10-11-12-30(6,7)19-14-23(28-4)25(24(15-19)29-5)20-13-18(17-27)21-16-22(20)26(21,2)3/h13-15,20-22,27H,8-12,16-17H2,1-7H3/t20?,21-,22+/m0/s1. The van der Waals surface area contributed by atoms with Gasteiger partial charge in [0.05, 0.1) is 28.9 Å². The number of unbranched alkanes of at least 4 members (excludes halogenated alkanes) is 3. The van der Waals surface area contributed by atoms with E-state index < -0.39 is 8.07 Å². The molecular weight excluding hydrogens is 388 g/mol. The molecule has 0 aromatic heterocycles. The van der Waals surface area contributed by atoms with E-state index in [1.54, 1.807) is 14.2 Å². The number of benzene rings is 1. The molecule has 3 atom stereocenters. The number of hydrogen-bond donors (Lipinski definition) is 1. The summed E-state index contributed by atoms with van der Waals surface area (Å²) in [6.45, 7) is 12.1. The molecule has 1 unspecified atom stereocenters. The monoisotopic (exact) mass is 430 g/mol. The Morgan fingerprint density at radius 1 is 1.07 bits per heavy atom. The number of hydrogen-bond acceptors (Lipinski definition) is 3. The van der Waals surface area contributed by atoms with Gasteiger partial charge in [0.15, 0.2) is 0 Å². The van der Waals surface area contributed by atoms with Gasteiger partial charge in [0.25, 0.3) is 0 Å². The van der Waals surface area contributed by atoms with Crippen LogP contribution in [0.1, 0.15) is 64.4 Å². The average Bonchev–Trinajstić information content (AvgIpc) is 2.74. The fourth-order valence-corrected chi connectivity index (χ4v) is 8.37. The zero-order chi connectivity index (χ0) is 22.1. The first-order valence-electron chi connectivity index (χ1n) is 11.8. The van der Waals surface area contributed by atoms with E-state index in [1.165, 1.54) is 48.1 Å². The van der Waals surface area contributed by atoms with Crippen molar-refractivity contribution in [1.29, 1.82) is 0 Å². The molecule has 0 radical (unpaired) electrons. The predicted molar refractivity (Wildman–Crippen MR) is 129 cm³/mol. The van der Waals surface area contributed by atoms with E-state index in [0.29, 0.717) is 11.8 Å². The molecule has 3 nitrogen and oxygen atoms in total. The number of aliphatic hydroxyl groups is 1. The van der Waals surface area contributed by atoms with E-state index in [4.69, 9.17) is 9.47 Å². The summed E-state index contributed by atoms with van der Waals surface area (Å²) >= 11 is 0. The fraction of sp³-hybridized carbons (Fsp3) is 0.692. The summed E-state index contributed by atoms with van der Waals surface area (Å²) in [5, 5.41) is 11.4. The number of rotatable bonds is 10. The van der Waals surface area contributed by atoms with Crippen LogP contribution in [0.2, 0.25) is 19.1 Å². The Kier molecular flexibility index (Phi) is 7.08. The van der Waals surface area contributed by atoms with Crippen LogP contribution in [0.25, 0.3) is 0 Å². The van der Waals surface area contributed by atoms with Gasteiger partial charge in [-0.25, -0.2) is 0 Å². The van der Waals surface area contributed by atoms with Crippen LogP contribution in [0.5, 0.6) is 11.5 Å². The summed E-state index contributed by atoms with van der Waals surface area (Å²) in [5.41, 5.74) is 2.56. The lowest BCUT2D eigenvalue weighted by atomic mass is 9.45. The largest absolute Gasteiger partial charge is 0.496 e. The maximum atomic E-state index is 9.98. The van der Waals surface area contributed by atoms with E-state index in [0.717, 1.165) is 17.9 Å². The second kappa shape index (κ2) is 9.08. The summed E-state index contributed by atoms with van der Waals surface area (Å²) in [6.07, 6.45) is 8.69. The summed E-state index contributed by atoms with van der Waals surface area (Å²) in [5.74, 6) is 3.22. The fourth-order valence-electron chi connectivity index (χ4n) is 5.90. The van der Waals surface area contributed by atoms with Crippen molar-refractivity contribution in [3.05, 3.63) is 29.3 Å². The highest BCUT2D eigenvalue weighted by Crippen LogP contribution is 2.64. The quantitative estimate of drug-likeness (QED) is 0.286. The van der Waals surface area contributed by atoms with Gasteiger partial charge in [0.2, 0.25) is 0 Å². The third kappa shape index (κ3) is 4.10. The van der Waals surface area contributed by atoms with Gasteiger partial charge in [-0.3, -0.25) is 0 Å². The van der Waals surface area contributed by atoms with Crippen molar-refractivity contribution in [2.24, 2.45) is 17.3 Å². The molecular formula is C26H42O3Si. The topological polar surface area (TPSA) is 38.7 Å². The number of methoxy groups -OCH3 is 2. The first-order chi connectivity index (χ1) is 14.2. The van der Waals surface area contributed by atoms with Gasteiger partial charge in [-0.2, -0.15) is 0 Å². The van der Waals surface area contributed by atoms with E-state index >= 15 is 0 Å². The van der Waals surface area contributed by atoms with Crippen molar-refractivity contribution in [2.75, 3.05) is 20.8 Å².